The first-order valence-electron chi connectivity index (χ1n) is 7.75. The number of nitrogens with two attached hydrogens (primary N) is 1. The molecule has 0 radical (unpaired) electrons. The van der Waals surface area contributed by atoms with Gasteiger partial charge < -0.3 is 11.1 Å². The number of thiophene rings is 1. The van der Waals surface area contributed by atoms with E-state index in [1.807, 2.05) is 30.3 Å². The summed E-state index contributed by atoms with van der Waals surface area (Å²) >= 11 is 4.56. The van der Waals surface area contributed by atoms with Crippen molar-refractivity contribution in [1.29, 1.82) is 0 Å². The first kappa shape index (κ1) is 17.1. The van der Waals surface area contributed by atoms with Crippen molar-refractivity contribution in [3.05, 3.63) is 50.6 Å². The second-order valence-electron chi connectivity index (χ2n) is 5.70. The Morgan fingerprint density at radius 1 is 1.21 bits per heavy atom. The highest BCUT2D eigenvalue weighted by Gasteiger charge is 2.30. The molecule has 5 nitrogen and oxygen atoms in total. The number of rotatable bonds is 5. The smallest absolute Gasteiger partial charge is 0.260 e. The largest absolute Gasteiger partial charge is 0.365 e. The Balaban J connectivity index is 1.88. The average molecular weight is 408 g/mol. The van der Waals surface area contributed by atoms with E-state index in [2.05, 4.69) is 26.1 Å². The Morgan fingerprint density at radius 3 is 2.50 bits per heavy atom. The molecular weight excluding hydrogens is 390 g/mol. The molecule has 0 aliphatic carbocycles. The summed E-state index contributed by atoms with van der Waals surface area (Å²) in [5, 5.41) is 2.89. The Bertz CT molecular complexity index is 742. The number of benzene rings is 1. The second-order valence-corrected chi connectivity index (χ2v) is 8.13. The molecule has 0 spiro atoms. The third kappa shape index (κ3) is 3.68. The van der Waals surface area contributed by atoms with Gasteiger partial charge in [0.25, 0.3) is 5.91 Å². The Kier molecular flexibility index (Phi) is 5.33. The van der Waals surface area contributed by atoms with E-state index in [9.17, 15) is 9.59 Å². The van der Waals surface area contributed by atoms with E-state index >= 15 is 0 Å². The fourth-order valence-electron chi connectivity index (χ4n) is 3.00. The SMILES string of the molecule is NC(=O)c1sc(Br)cc1NC(=O)C(c1ccccc1)N1CCCC1. The van der Waals surface area contributed by atoms with Crippen LogP contribution in [0.4, 0.5) is 5.69 Å². The maximum atomic E-state index is 13.0. The normalized spacial score (nSPS) is 16.0. The van der Waals surface area contributed by atoms with E-state index < -0.39 is 5.91 Å². The van der Waals surface area contributed by atoms with Crippen molar-refractivity contribution in [2.24, 2.45) is 5.73 Å². The summed E-state index contributed by atoms with van der Waals surface area (Å²) in [7, 11) is 0. The molecule has 24 heavy (non-hydrogen) atoms. The number of nitrogens with one attached hydrogen (secondary N) is 1. The van der Waals surface area contributed by atoms with Crippen molar-refractivity contribution in [2.45, 2.75) is 18.9 Å². The summed E-state index contributed by atoms with van der Waals surface area (Å²) in [6.07, 6.45) is 2.18. The lowest BCUT2D eigenvalue weighted by Crippen LogP contribution is -2.35. The van der Waals surface area contributed by atoms with Crippen LogP contribution in [0.2, 0.25) is 0 Å². The van der Waals surface area contributed by atoms with Crippen molar-refractivity contribution in [2.75, 3.05) is 18.4 Å². The van der Waals surface area contributed by atoms with Crippen LogP contribution in [0.1, 0.15) is 34.1 Å². The molecule has 1 aliphatic heterocycles. The molecule has 1 unspecified atom stereocenters. The molecule has 2 aromatic rings. The van der Waals surface area contributed by atoms with Gasteiger partial charge in [0.2, 0.25) is 5.91 Å². The van der Waals surface area contributed by atoms with E-state index in [-0.39, 0.29) is 11.9 Å². The molecule has 2 heterocycles. The zero-order valence-corrected chi connectivity index (χ0v) is 15.4. The lowest BCUT2D eigenvalue weighted by Gasteiger charge is -2.26. The minimum Gasteiger partial charge on any atom is -0.365 e. The molecule has 1 fully saturated rings. The van der Waals surface area contributed by atoms with E-state index in [1.165, 1.54) is 11.3 Å². The van der Waals surface area contributed by atoms with Gasteiger partial charge in [-0.05, 0) is 53.5 Å². The number of hydrogen-bond donors (Lipinski definition) is 2. The zero-order valence-electron chi connectivity index (χ0n) is 13.0. The predicted octanol–water partition coefficient (Wildman–Crippen LogP) is 3.39. The average Bonchev–Trinajstić information content (AvgIpc) is 3.19. The van der Waals surface area contributed by atoms with Gasteiger partial charge in [-0.2, -0.15) is 0 Å². The fourth-order valence-corrected chi connectivity index (χ4v) is 4.41. The lowest BCUT2D eigenvalue weighted by molar-refractivity contribution is -0.121. The Hall–Kier alpha value is -1.70. The Morgan fingerprint density at radius 2 is 1.88 bits per heavy atom. The third-order valence-corrected chi connectivity index (χ3v) is 5.71. The van der Waals surface area contributed by atoms with Gasteiger partial charge >= 0.3 is 0 Å². The van der Waals surface area contributed by atoms with Crippen LogP contribution in [-0.4, -0.2) is 29.8 Å². The van der Waals surface area contributed by atoms with E-state index in [1.54, 1.807) is 6.07 Å². The minimum absolute atomic E-state index is 0.143. The molecule has 2 amide bonds. The van der Waals surface area contributed by atoms with Crippen LogP contribution >= 0.6 is 27.3 Å². The maximum Gasteiger partial charge on any atom is 0.260 e. The highest BCUT2D eigenvalue weighted by molar-refractivity contribution is 9.11. The molecule has 3 N–H and O–H groups in total. The molecule has 1 aliphatic rings. The van der Waals surface area contributed by atoms with Gasteiger partial charge in [-0.15, -0.1) is 11.3 Å². The summed E-state index contributed by atoms with van der Waals surface area (Å²) < 4.78 is 0.754. The number of nitrogens with zero attached hydrogens (tertiary/aromatic N) is 1. The number of hydrogen-bond acceptors (Lipinski definition) is 4. The van der Waals surface area contributed by atoms with Gasteiger partial charge in [0.1, 0.15) is 10.9 Å². The first-order valence-corrected chi connectivity index (χ1v) is 9.36. The summed E-state index contributed by atoms with van der Waals surface area (Å²) in [4.78, 5) is 27.1. The quantitative estimate of drug-likeness (QED) is 0.797. The van der Waals surface area contributed by atoms with Gasteiger partial charge in [0.05, 0.1) is 9.47 Å². The number of amides is 2. The van der Waals surface area contributed by atoms with Gasteiger partial charge in [-0.1, -0.05) is 30.3 Å². The van der Waals surface area contributed by atoms with E-state index in [0.29, 0.717) is 10.6 Å². The number of carbonyl (C=O) groups is 2. The van der Waals surface area contributed by atoms with Gasteiger partial charge in [-0.25, -0.2) is 0 Å². The first-order chi connectivity index (χ1) is 11.6. The van der Waals surface area contributed by atoms with Crippen LogP contribution in [0.5, 0.6) is 0 Å². The van der Waals surface area contributed by atoms with Crippen molar-refractivity contribution in [1.82, 2.24) is 4.90 Å². The van der Waals surface area contributed by atoms with Crippen LogP contribution in [0.3, 0.4) is 0 Å². The molecule has 3 rings (SSSR count). The molecule has 1 atom stereocenters. The van der Waals surface area contributed by atoms with Crippen molar-refractivity contribution in [3.8, 4) is 0 Å². The third-order valence-electron chi connectivity index (χ3n) is 4.05. The topological polar surface area (TPSA) is 75.4 Å². The molecular formula is C17H18BrN3O2S. The van der Waals surface area contributed by atoms with Crippen LogP contribution in [0, 0.1) is 0 Å². The van der Waals surface area contributed by atoms with Crippen LogP contribution in [0.25, 0.3) is 0 Å². The highest BCUT2D eigenvalue weighted by atomic mass is 79.9. The second kappa shape index (κ2) is 7.46. The molecule has 0 bridgehead atoms. The van der Waals surface area contributed by atoms with Crippen LogP contribution in [-0.2, 0) is 4.79 Å². The maximum absolute atomic E-state index is 13.0. The van der Waals surface area contributed by atoms with Crippen LogP contribution in [0.15, 0.2) is 40.2 Å². The highest BCUT2D eigenvalue weighted by Crippen LogP contribution is 2.33. The van der Waals surface area contributed by atoms with Crippen molar-refractivity contribution >= 4 is 44.8 Å². The summed E-state index contributed by atoms with van der Waals surface area (Å²) in [6, 6.07) is 11.1. The van der Waals surface area contributed by atoms with Gasteiger partial charge in [0.15, 0.2) is 0 Å². The molecule has 1 aromatic heterocycles. The van der Waals surface area contributed by atoms with Crippen molar-refractivity contribution in [3.63, 3.8) is 0 Å². The number of anilines is 1. The van der Waals surface area contributed by atoms with Crippen LogP contribution < -0.4 is 11.1 Å². The van der Waals surface area contributed by atoms with Gasteiger partial charge in [0, 0.05) is 0 Å². The molecule has 0 saturated carbocycles. The molecule has 1 saturated heterocycles. The van der Waals surface area contributed by atoms with Crippen molar-refractivity contribution < 1.29 is 9.59 Å². The number of halogens is 1. The summed E-state index contributed by atoms with van der Waals surface area (Å²) in [6.45, 7) is 1.78. The summed E-state index contributed by atoms with van der Waals surface area (Å²) in [5.74, 6) is -0.686. The number of carbonyl (C=O) groups excluding carboxylic acids is 2. The minimum atomic E-state index is -0.543. The fraction of sp³-hybridized carbons (Fsp3) is 0.294. The standard InChI is InChI=1S/C17H18BrN3O2S/c18-13-10-12(15(24-13)16(19)22)20-17(23)14(21-8-4-5-9-21)11-6-2-1-3-7-11/h1-3,6-7,10,14H,4-5,8-9H2,(H2,19,22)(H,20,23). The monoisotopic (exact) mass is 407 g/mol. The summed E-state index contributed by atoms with van der Waals surface area (Å²) in [5.41, 5.74) is 6.82. The zero-order chi connectivity index (χ0) is 17.1. The Labute approximate surface area is 153 Å². The number of likely N-dealkylation sites (tertiary alicyclic amines) is 1. The molecule has 7 heteroatoms. The predicted molar refractivity (Wildman–Crippen MR) is 99.2 cm³/mol. The number of primary amides is 1. The van der Waals surface area contributed by atoms with Gasteiger partial charge in [-0.3, -0.25) is 14.5 Å². The van der Waals surface area contributed by atoms with E-state index in [4.69, 9.17) is 5.73 Å². The molecule has 126 valence electrons. The molecule has 1 aromatic carbocycles. The van der Waals surface area contributed by atoms with E-state index in [0.717, 1.165) is 35.3 Å². The lowest BCUT2D eigenvalue weighted by atomic mass is 10.0.